The Bertz CT molecular complexity index is 783. The number of carbonyl (C=O) groups is 1. The van der Waals surface area contributed by atoms with Crippen molar-refractivity contribution in [3.05, 3.63) is 40.4 Å². The maximum atomic E-state index is 11.6. The molecule has 138 valence electrons. The van der Waals surface area contributed by atoms with Gasteiger partial charge in [0.25, 0.3) is 0 Å². The van der Waals surface area contributed by atoms with Gasteiger partial charge in [0.05, 0.1) is 11.0 Å². The molecule has 1 heterocycles. The van der Waals surface area contributed by atoms with Crippen LogP contribution in [0.5, 0.6) is 11.6 Å². The number of nitro groups is 1. The molecule has 2 aromatic rings. The van der Waals surface area contributed by atoms with Crippen molar-refractivity contribution in [2.24, 2.45) is 0 Å². The van der Waals surface area contributed by atoms with E-state index in [-0.39, 0.29) is 17.6 Å². The summed E-state index contributed by atoms with van der Waals surface area (Å²) in [6.07, 6.45) is 0.926. The molecule has 1 N–H and O–H groups in total. The van der Waals surface area contributed by atoms with Crippen molar-refractivity contribution in [2.45, 2.75) is 18.4 Å². The largest absolute Gasteiger partial charge is 0.433 e. The fourth-order valence-corrected chi connectivity index (χ4v) is 2.49. The van der Waals surface area contributed by atoms with E-state index in [0.717, 1.165) is 12.2 Å². The number of urea groups is 1. The minimum Gasteiger partial charge on any atom is -0.433 e. The molecule has 0 atom stereocenters. The van der Waals surface area contributed by atoms with Gasteiger partial charge in [-0.05, 0) is 36.4 Å². The van der Waals surface area contributed by atoms with Crippen LogP contribution in [0.15, 0.2) is 35.4 Å². The number of thioether (sulfide) groups is 1. The first kappa shape index (κ1) is 19.4. The summed E-state index contributed by atoms with van der Waals surface area (Å²) >= 11 is 1.40. The van der Waals surface area contributed by atoms with Gasteiger partial charge in [-0.15, -0.1) is 22.0 Å². The highest BCUT2D eigenvalue weighted by Crippen LogP contribution is 2.31. The summed E-state index contributed by atoms with van der Waals surface area (Å²) in [5.74, 6) is 0.965. The molecule has 0 aliphatic carbocycles. The second kappa shape index (κ2) is 8.99. The van der Waals surface area contributed by atoms with Crippen LogP contribution in [0.1, 0.15) is 13.3 Å². The predicted molar refractivity (Wildman–Crippen MR) is 98.9 cm³/mol. The zero-order chi connectivity index (χ0) is 19.1. The molecule has 2 amide bonds. The standard InChI is InChI=1S/C16H19N5O4S/c1-4-9-26-14-10-13(21(23)24)15(19-18-14)25-12-7-5-11(6-8-12)17-16(22)20(2)3/h5-8,10H,4,9H2,1-3H3,(H,17,22). The molecular formula is C16H19N5O4S. The average Bonchev–Trinajstić information content (AvgIpc) is 2.62. The third kappa shape index (κ3) is 5.31. The zero-order valence-corrected chi connectivity index (χ0v) is 15.4. The van der Waals surface area contributed by atoms with Gasteiger partial charge in [0, 0.05) is 19.8 Å². The molecule has 2 rings (SSSR count). The predicted octanol–water partition coefficient (Wildman–Crippen LogP) is 3.77. The first-order valence-corrected chi connectivity index (χ1v) is 8.80. The van der Waals surface area contributed by atoms with Crippen molar-refractivity contribution in [1.82, 2.24) is 15.1 Å². The summed E-state index contributed by atoms with van der Waals surface area (Å²) in [6.45, 7) is 2.01. The van der Waals surface area contributed by atoms with Crippen LogP contribution >= 0.6 is 11.8 Å². The van der Waals surface area contributed by atoms with Crippen LogP contribution in [0.3, 0.4) is 0 Å². The van der Waals surface area contributed by atoms with Gasteiger partial charge in [-0.3, -0.25) is 10.1 Å². The van der Waals surface area contributed by atoms with Crippen LogP contribution < -0.4 is 10.1 Å². The molecule has 0 spiro atoms. The third-order valence-corrected chi connectivity index (χ3v) is 4.20. The van der Waals surface area contributed by atoms with Gasteiger partial charge >= 0.3 is 17.6 Å². The van der Waals surface area contributed by atoms with Gasteiger partial charge in [0.15, 0.2) is 0 Å². The molecule has 9 nitrogen and oxygen atoms in total. The van der Waals surface area contributed by atoms with Gasteiger partial charge in [-0.2, -0.15) is 0 Å². The molecule has 0 aliphatic heterocycles. The smallest absolute Gasteiger partial charge is 0.335 e. The molecule has 0 saturated heterocycles. The summed E-state index contributed by atoms with van der Waals surface area (Å²) in [5, 5.41) is 22.2. The van der Waals surface area contributed by atoms with Gasteiger partial charge < -0.3 is 15.0 Å². The van der Waals surface area contributed by atoms with Gasteiger partial charge in [0.2, 0.25) is 0 Å². The summed E-state index contributed by atoms with van der Waals surface area (Å²) in [6, 6.07) is 7.50. The van der Waals surface area contributed by atoms with Gasteiger partial charge in [-0.1, -0.05) is 6.92 Å². The number of benzene rings is 1. The molecular weight excluding hydrogens is 358 g/mol. The maximum Gasteiger partial charge on any atom is 0.335 e. The lowest BCUT2D eigenvalue weighted by Gasteiger charge is -2.12. The number of nitrogens with zero attached hydrogens (tertiary/aromatic N) is 4. The fraction of sp³-hybridized carbons (Fsp3) is 0.312. The highest BCUT2D eigenvalue weighted by molar-refractivity contribution is 7.99. The van der Waals surface area contributed by atoms with E-state index in [1.54, 1.807) is 38.4 Å². The topological polar surface area (TPSA) is 110 Å². The molecule has 0 saturated carbocycles. The Hall–Kier alpha value is -2.88. The van der Waals surface area contributed by atoms with E-state index in [1.165, 1.54) is 22.7 Å². The van der Waals surface area contributed by atoms with Crippen LogP contribution in [-0.4, -0.2) is 45.9 Å². The number of aromatic nitrogens is 2. The normalized spacial score (nSPS) is 10.3. The summed E-state index contributed by atoms with van der Waals surface area (Å²) in [4.78, 5) is 23.7. The number of ether oxygens (including phenoxy) is 1. The van der Waals surface area contributed by atoms with E-state index < -0.39 is 4.92 Å². The van der Waals surface area contributed by atoms with Gasteiger partial charge in [-0.25, -0.2) is 4.79 Å². The lowest BCUT2D eigenvalue weighted by Crippen LogP contribution is -2.27. The number of carbonyl (C=O) groups excluding carboxylic acids is 1. The van der Waals surface area contributed by atoms with E-state index >= 15 is 0 Å². The van der Waals surface area contributed by atoms with Crippen molar-refractivity contribution in [2.75, 3.05) is 25.2 Å². The Morgan fingerprint density at radius 3 is 2.58 bits per heavy atom. The van der Waals surface area contributed by atoms with E-state index in [2.05, 4.69) is 15.5 Å². The van der Waals surface area contributed by atoms with E-state index in [1.807, 2.05) is 6.92 Å². The number of hydrogen-bond acceptors (Lipinski definition) is 7. The van der Waals surface area contributed by atoms with Crippen LogP contribution in [0.4, 0.5) is 16.2 Å². The fourth-order valence-electron chi connectivity index (χ4n) is 1.79. The SMILES string of the molecule is CCCSc1cc([N+](=O)[O-])c(Oc2ccc(NC(=O)N(C)C)cc2)nn1. The quantitative estimate of drug-likeness (QED) is 0.444. The van der Waals surface area contributed by atoms with Crippen LogP contribution in [-0.2, 0) is 0 Å². The minimum absolute atomic E-state index is 0.180. The molecule has 1 aromatic carbocycles. The molecule has 0 aliphatic rings. The van der Waals surface area contributed by atoms with Crippen LogP contribution in [0.2, 0.25) is 0 Å². The summed E-state index contributed by atoms with van der Waals surface area (Å²) in [7, 11) is 3.26. The highest BCUT2D eigenvalue weighted by Gasteiger charge is 2.20. The Morgan fingerprint density at radius 1 is 1.31 bits per heavy atom. The number of hydrogen-bond donors (Lipinski definition) is 1. The second-order valence-electron chi connectivity index (χ2n) is 5.43. The first-order valence-electron chi connectivity index (χ1n) is 7.81. The Balaban J connectivity index is 2.14. The number of nitrogens with one attached hydrogen (secondary N) is 1. The van der Waals surface area contributed by atoms with Crippen molar-refractivity contribution in [3.8, 4) is 11.6 Å². The molecule has 0 bridgehead atoms. The molecule has 10 heteroatoms. The minimum atomic E-state index is -0.550. The molecule has 0 unspecified atom stereocenters. The van der Waals surface area contributed by atoms with E-state index in [4.69, 9.17) is 4.74 Å². The van der Waals surface area contributed by atoms with Crippen LogP contribution in [0, 0.1) is 10.1 Å². The maximum absolute atomic E-state index is 11.6. The lowest BCUT2D eigenvalue weighted by atomic mass is 10.3. The molecule has 1 aromatic heterocycles. The van der Waals surface area contributed by atoms with E-state index in [9.17, 15) is 14.9 Å². The lowest BCUT2D eigenvalue weighted by molar-refractivity contribution is -0.386. The number of amides is 2. The Labute approximate surface area is 154 Å². The summed E-state index contributed by atoms with van der Waals surface area (Å²) in [5.41, 5.74) is 0.325. The zero-order valence-electron chi connectivity index (χ0n) is 14.6. The van der Waals surface area contributed by atoms with Crippen molar-refractivity contribution >= 4 is 29.2 Å². The molecule has 0 fully saturated rings. The summed E-state index contributed by atoms with van der Waals surface area (Å²) < 4.78 is 5.49. The Kier molecular flexibility index (Phi) is 6.73. The average molecular weight is 377 g/mol. The first-order chi connectivity index (χ1) is 12.4. The van der Waals surface area contributed by atoms with Crippen molar-refractivity contribution in [3.63, 3.8) is 0 Å². The Morgan fingerprint density at radius 2 is 2.00 bits per heavy atom. The number of rotatable bonds is 7. The van der Waals surface area contributed by atoms with E-state index in [0.29, 0.717) is 16.5 Å². The van der Waals surface area contributed by atoms with Crippen molar-refractivity contribution in [1.29, 1.82) is 0 Å². The molecule has 26 heavy (non-hydrogen) atoms. The second-order valence-corrected chi connectivity index (χ2v) is 6.54. The van der Waals surface area contributed by atoms with Gasteiger partial charge in [0.1, 0.15) is 10.8 Å². The molecule has 0 radical (unpaired) electrons. The van der Waals surface area contributed by atoms with Crippen molar-refractivity contribution < 1.29 is 14.5 Å². The third-order valence-electron chi connectivity index (χ3n) is 3.10. The number of anilines is 1. The monoisotopic (exact) mass is 377 g/mol. The van der Waals surface area contributed by atoms with Crippen LogP contribution in [0.25, 0.3) is 0 Å². The highest BCUT2D eigenvalue weighted by atomic mass is 32.2.